The molecular weight excluding hydrogens is 235 g/mol. The fourth-order valence-electron chi connectivity index (χ4n) is 1.57. The highest BCUT2D eigenvalue weighted by atomic mass is 35.5. The largest absolute Gasteiger partial charge is 0.343 e. The van der Waals surface area contributed by atoms with Crippen molar-refractivity contribution in [2.75, 3.05) is 18.5 Å². The molecule has 0 radical (unpaired) electrons. The first-order chi connectivity index (χ1) is 7.06. The van der Waals surface area contributed by atoms with Gasteiger partial charge in [-0.05, 0) is 41.5 Å². The van der Waals surface area contributed by atoms with Crippen molar-refractivity contribution in [1.82, 2.24) is 15.0 Å². The van der Waals surface area contributed by atoms with E-state index in [9.17, 15) is 0 Å². The lowest BCUT2D eigenvalue weighted by molar-refractivity contribution is 0.709. The van der Waals surface area contributed by atoms with Crippen molar-refractivity contribution >= 4 is 29.2 Å². The molecule has 15 heavy (non-hydrogen) atoms. The summed E-state index contributed by atoms with van der Waals surface area (Å²) in [5.74, 6) is 2.09. The minimum absolute atomic E-state index is 0.140. The lowest BCUT2D eigenvalue weighted by Gasteiger charge is -2.16. The van der Waals surface area contributed by atoms with E-state index < -0.39 is 0 Å². The number of nitrogens with zero attached hydrogens (tertiary/aromatic N) is 4. The van der Waals surface area contributed by atoms with Crippen molar-refractivity contribution in [2.24, 2.45) is 11.8 Å². The number of rotatable bonds is 3. The van der Waals surface area contributed by atoms with Crippen molar-refractivity contribution in [3.63, 3.8) is 0 Å². The second-order valence-electron chi connectivity index (χ2n) is 4.03. The molecule has 2 rings (SSSR count). The number of anilines is 1. The Labute approximate surface area is 98.6 Å². The summed E-state index contributed by atoms with van der Waals surface area (Å²) in [5.41, 5.74) is 0. The smallest absolute Gasteiger partial charge is 0.230 e. The van der Waals surface area contributed by atoms with Gasteiger partial charge in [-0.15, -0.1) is 0 Å². The van der Waals surface area contributed by atoms with E-state index >= 15 is 0 Å². The molecule has 2 unspecified atom stereocenters. The van der Waals surface area contributed by atoms with E-state index in [0.717, 1.165) is 18.4 Å². The van der Waals surface area contributed by atoms with Crippen LogP contribution in [0.4, 0.5) is 5.95 Å². The lowest BCUT2D eigenvalue weighted by Crippen LogP contribution is -2.23. The zero-order valence-electron chi connectivity index (χ0n) is 8.61. The molecule has 1 saturated carbocycles. The summed E-state index contributed by atoms with van der Waals surface area (Å²) < 4.78 is 0. The van der Waals surface area contributed by atoms with Crippen LogP contribution < -0.4 is 4.90 Å². The molecule has 1 aliphatic rings. The first-order valence-corrected chi connectivity index (χ1v) is 5.60. The molecule has 6 heteroatoms. The molecule has 1 aromatic rings. The van der Waals surface area contributed by atoms with Crippen molar-refractivity contribution < 1.29 is 0 Å². The van der Waals surface area contributed by atoms with Crippen LogP contribution >= 0.6 is 23.2 Å². The van der Waals surface area contributed by atoms with E-state index in [1.54, 1.807) is 0 Å². The van der Waals surface area contributed by atoms with Crippen LogP contribution in [-0.4, -0.2) is 28.5 Å². The molecule has 1 aliphatic carbocycles. The third-order valence-electron chi connectivity index (χ3n) is 2.69. The Bertz CT molecular complexity index is 351. The SMILES string of the molecule is CC1CC1CN(C)c1nc(Cl)nc(Cl)n1. The standard InChI is InChI=1S/C9H12Cl2N4/c1-5-3-6(5)4-15(2)9-13-7(10)12-8(11)14-9/h5-6H,3-4H2,1-2H3. The summed E-state index contributed by atoms with van der Waals surface area (Å²) in [6, 6.07) is 0. The molecule has 0 N–H and O–H groups in total. The average molecular weight is 247 g/mol. The van der Waals surface area contributed by atoms with Gasteiger partial charge in [-0.25, -0.2) is 0 Å². The maximum atomic E-state index is 5.70. The Kier molecular flexibility index (Phi) is 2.98. The first kappa shape index (κ1) is 10.9. The molecule has 0 spiro atoms. The Morgan fingerprint density at radius 3 is 2.27 bits per heavy atom. The monoisotopic (exact) mass is 246 g/mol. The van der Waals surface area contributed by atoms with Crippen LogP contribution in [0.2, 0.25) is 10.6 Å². The van der Waals surface area contributed by atoms with Gasteiger partial charge < -0.3 is 4.90 Å². The highest BCUT2D eigenvalue weighted by Crippen LogP contribution is 2.38. The summed E-state index contributed by atoms with van der Waals surface area (Å²) in [6.45, 7) is 3.18. The van der Waals surface area contributed by atoms with E-state index in [2.05, 4.69) is 21.9 Å². The van der Waals surface area contributed by atoms with Gasteiger partial charge in [0, 0.05) is 13.6 Å². The average Bonchev–Trinajstić information content (AvgIpc) is 2.79. The summed E-state index contributed by atoms with van der Waals surface area (Å²) in [4.78, 5) is 13.7. The second-order valence-corrected chi connectivity index (χ2v) is 4.70. The van der Waals surface area contributed by atoms with Gasteiger partial charge in [-0.3, -0.25) is 0 Å². The minimum atomic E-state index is 0.140. The number of hydrogen-bond donors (Lipinski definition) is 0. The van der Waals surface area contributed by atoms with Gasteiger partial charge in [0.2, 0.25) is 16.5 Å². The fourth-order valence-corrected chi connectivity index (χ4v) is 1.93. The molecular formula is C9H12Cl2N4. The van der Waals surface area contributed by atoms with Crippen LogP contribution in [0.5, 0.6) is 0 Å². The third-order valence-corrected chi connectivity index (χ3v) is 3.03. The van der Waals surface area contributed by atoms with E-state index in [1.165, 1.54) is 6.42 Å². The summed E-state index contributed by atoms with van der Waals surface area (Å²) in [7, 11) is 1.94. The zero-order chi connectivity index (χ0) is 11.0. The molecule has 0 amide bonds. The Hall–Kier alpha value is -0.610. The van der Waals surface area contributed by atoms with Crippen LogP contribution in [0.1, 0.15) is 13.3 Å². The predicted molar refractivity (Wildman–Crippen MR) is 60.4 cm³/mol. The van der Waals surface area contributed by atoms with Gasteiger partial charge in [0.1, 0.15) is 0 Å². The molecule has 2 atom stereocenters. The topological polar surface area (TPSA) is 41.9 Å². The Morgan fingerprint density at radius 1 is 1.27 bits per heavy atom. The molecule has 0 saturated heterocycles. The number of aromatic nitrogens is 3. The zero-order valence-corrected chi connectivity index (χ0v) is 10.1. The van der Waals surface area contributed by atoms with Crippen LogP contribution in [0.3, 0.4) is 0 Å². The Morgan fingerprint density at radius 2 is 1.80 bits per heavy atom. The third kappa shape index (κ3) is 2.69. The molecule has 82 valence electrons. The number of halogens is 2. The van der Waals surface area contributed by atoms with Crippen molar-refractivity contribution in [2.45, 2.75) is 13.3 Å². The van der Waals surface area contributed by atoms with Crippen molar-refractivity contribution in [3.05, 3.63) is 10.6 Å². The van der Waals surface area contributed by atoms with Gasteiger partial charge in [0.25, 0.3) is 0 Å². The van der Waals surface area contributed by atoms with Gasteiger partial charge in [-0.1, -0.05) is 6.92 Å². The second kappa shape index (κ2) is 4.10. The van der Waals surface area contributed by atoms with E-state index in [-0.39, 0.29) is 10.6 Å². The van der Waals surface area contributed by atoms with Gasteiger partial charge >= 0.3 is 0 Å². The first-order valence-electron chi connectivity index (χ1n) is 4.84. The van der Waals surface area contributed by atoms with Gasteiger partial charge in [0.05, 0.1) is 0 Å². The van der Waals surface area contributed by atoms with Crippen LogP contribution in [0.25, 0.3) is 0 Å². The van der Waals surface area contributed by atoms with E-state index in [1.807, 2.05) is 11.9 Å². The maximum absolute atomic E-state index is 5.70. The van der Waals surface area contributed by atoms with Crippen molar-refractivity contribution in [3.8, 4) is 0 Å². The molecule has 0 aliphatic heterocycles. The molecule has 1 fully saturated rings. The molecule has 0 aromatic carbocycles. The highest BCUT2D eigenvalue weighted by molar-refractivity contribution is 6.31. The maximum Gasteiger partial charge on any atom is 0.230 e. The molecule has 4 nitrogen and oxygen atoms in total. The van der Waals surface area contributed by atoms with Crippen LogP contribution in [0.15, 0.2) is 0 Å². The molecule has 1 aromatic heterocycles. The molecule has 0 bridgehead atoms. The fraction of sp³-hybridized carbons (Fsp3) is 0.667. The van der Waals surface area contributed by atoms with E-state index in [0.29, 0.717) is 5.95 Å². The summed E-state index contributed by atoms with van der Waals surface area (Å²) in [6.07, 6.45) is 1.27. The van der Waals surface area contributed by atoms with Crippen LogP contribution in [-0.2, 0) is 0 Å². The quantitative estimate of drug-likeness (QED) is 0.821. The van der Waals surface area contributed by atoms with Crippen molar-refractivity contribution in [1.29, 1.82) is 0 Å². The summed E-state index contributed by atoms with van der Waals surface area (Å²) in [5, 5.41) is 0.279. The van der Waals surface area contributed by atoms with Gasteiger partial charge in [0.15, 0.2) is 0 Å². The minimum Gasteiger partial charge on any atom is -0.343 e. The van der Waals surface area contributed by atoms with Gasteiger partial charge in [-0.2, -0.15) is 15.0 Å². The number of hydrogen-bond acceptors (Lipinski definition) is 4. The summed E-state index contributed by atoms with van der Waals surface area (Å²) >= 11 is 11.4. The predicted octanol–water partition coefficient (Wildman–Crippen LogP) is 2.27. The highest BCUT2D eigenvalue weighted by Gasteiger charge is 2.33. The van der Waals surface area contributed by atoms with E-state index in [4.69, 9.17) is 23.2 Å². The normalized spacial score (nSPS) is 24.0. The van der Waals surface area contributed by atoms with Crippen LogP contribution in [0, 0.1) is 11.8 Å². The molecule has 1 heterocycles. The lowest BCUT2D eigenvalue weighted by atomic mass is 10.3. The Balaban J connectivity index is 2.07.